The van der Waals surface area contributed by atoms with Crippen molar-refractivity contribution in [2.45, 2.75) is 6.92 Å². The summed E-state index contributed by atoms with van der Waals surface area (Å²) in [6.45, 7) is 2.09. The van der Waals surface area contributed by atoms with E-state index in [4.69, 9.17) is 0 Å². The van der Waals surface area contributed by atoms with Crippen molar-refractivity contribution in [3.05, 3.63) is 36.0 Å². The van der Waals surface area contributed by atoms with Gasteiger partial charge in [-0.15, -0.1) is 0 Å². The molecule has 2 rings (SSSR count). The first-order valence-corrected chi connectivity index (χ1v) is 3.94. The maximum Gasteiger partial charge on any atom is 0.0588 e. The molecule has 0 aliphatic heterocycles. The Bertz CT molecular complexity index is 389. The average molecular weight is 163 g/mol. The van der Waals surface area contributed by atoms with Crippen LogP contribution in [0.3, 0.4) is 0 Å². The predicted molar refractivity (Wildman–Crippen MR) is 51.1 cm³/mol. The smallest absolute Gasteiger partial charge is 0.0588 e. The summed E-state index contributed by atoms with van der Waals surface area (Å²) < 4.78 is 1.83. The lowest BCUT2D eigenvalue weighted by Crippen LogP contribution is -1.76. The highest BCUT2D eigenvalue weighted by molar-refractivity contribution is 7.78. The molecule has 1 aromatic heterocycles. The number of nitrogens with zero attached hydrogens (tertiary/aromatic N) is 1. The van der Waals surface area contributed by atoms with E-state index in [2.05, 4.69) is 44.0 Å². The van der Waals surface area contributed by atoms with Gasteiger partial charge >= 0.3 is 0 Å². The fourth-order valence-corrected chi connectivity index (χ4v) is 1.50. The maximum absolute atomic E-state index is 4.25. The quantitative estimate of drug-likeness (QED) is 0.570. The lowest BCUT2D eigenvalue weighted by molar-refractivity contribution is 1.36. The summed E-state index contributed by atoms with van der Waals surface area (Å²) in [6.07, 6.45) is 1.95. The molecule has 1 heterocycles. The molecule has 2 heteroatoms. The second kappa shape index (κ2) is 2.31. The molecule has 0 unspecified atom stereocenters. The van der Waals surface area contributed by atoms with Gasteiger partial charge in [-0.3, -0.25) is 3.97 Å². The molecule has 1 aromatic carbocycles. The highest BCUT2D eigenvalue weighted by Gasteiger charge is 1.96. The predicted octanol–water partition coefficient (Wildman–Crippen LogP) is 2.64. The van der Waals surface area contributed by atoms with Crippen LogP contribution >= 0.6 is 12.8 Å². The Morgan fingerprint density at radius 2 is 2.09 bits per heavy atom. The molecule has 0 aliphatic carbocycles. The number of thiol groups is 1. The van der Waals surface area contributed by atoms with Gasteiger partial charge in [0.25, 0.3) is 0 Å². The summed E-state index contributed by atoms with van der Waals surface area (Å²) in [5.74, 6) is 0. The molecule has 0 N–H and O–H groups in total. The zero-order chi connectivity index (χ0) is 7.84. The number of benzene rings is 1. The first kappa shape index (κ1) is 6.80. The zero-order valence-corrected chi connectivity index (χ0v) is 7.18. The second-order valence-corrected chi connectivity index (χ2v) is 3.15. The van der Waals surface area contributed by atoms with E-state index in [-0.39, 0.29) is 0 Å². The fourth-order valence-electron chi connectivity index (χ4n) is 1.25. The Morgan fingerprint density at radius 3 is 2.91 bits per heavy atom. The molecule has 0 radical (unpaired) electrons. The Balaban J connectivity index is 2.86. The SMILES string of the molecule is Cc1ccc2c(ccn2S)c1. The Hall–Kier alpha value is -0.890. The van der Waals surface area contributed by atoms with Crippen molar-refractivity contribution in [1.29, 1.82) is 0 Å². The van der Waals surface area contributed by atoms with Gasteiger partial charge < -0.3 is 0 Å². The highest BCUT2D eigenvalue weighted by Crippen LogP contribution is 2.17. The molecule has 0 fully saturated rings. The third-order valence-electron chi connectivity index (χ3n) is 1.83. The van der Waals surface area contributed by atoms with Crippen LogP contribution in [0.5, 0.6) is 0 Å². The van der Waals surface area contributed by atoms with E-state index in [1.165, 1.54) is 16.5 Å². The van der Waals surface area contributed by atoms with Crippen LogP contribution in [0, 0.1) is 6.92 Å². The van der Waals surface area contributed by atoms with Crippen molar-refractivity contribution in [2.75, 3.05) is 0 Å². The van der Waals surface area contributed by atoms with Gasteiger partial charge in [0.15, 0.2) is 0 Å². The third kappa shape index (κ3) is 1.03. The van der Waals surface area contributed by atoms with Gasteiger partial charge in [-0.25, -0.2) is 0 Å². The summed E-state index contributed by atoms with van der Waals surface area (Å²) in [4.78, 5) is 0. The Labute approximate surface area is 71.2 Å². The summed E-state index contributed by atoms with van der Waals surface area (Å²) in [5, 5.41) is 1.25. The number of fused-ring (bicyclic) bond motifs is 1. The van der Waals surface area contributed by atoms with Crippen LogP contribution in [-0.4, -0.2) is 3.97 Å². The minimum atomic E-state index is 1.17. The average Bonchev–Trinajstić information content (AvgIpc) is 2.32. The maximum atomic E-state index is 4.25. The Morgan fingerprint density at radius 1 is 1.27 bits per heavy atom. The molecule has 56 valence electrons. The third-order valence-corrected chi connectivity index (χ3v) is 2.17. The molecule has 0 bridgehead atoms. The van der Waals surface area contributed by atoms with Crippen molar-refractivity contribution in [2.24, 2.45) is 0 Å². The van der Waals surface area contributed by atoms with E-state index < -0.39 is 0 Å². The minimum absolute atomic E-state index is 1.17. The number of hydrogen-bond acceptors (Lipinski definition) is 1. The van der Waals surface area contributed by atoms with Crippen LogP contribution in [0.1, 0.15) is 5.56 Å². The molecular weight excluding hydrogens is 154 g/mol. The van der Waals surface area contributed by atoms with Crippen molar-refractivity contribution < 1.29 is 0 Å². The van der Waals surface area contributed by atoms with Crippen LogP contribution in [-0.2, 0) is 0 Å². The van der Waals surface area contributed by atoms with Gasteiger partial charge in [0.1, 0.15) is 0 Å². The largest absolute Gasteiger partial charge is 0.294 e. The van der Waals surface area contributed by atoms with Gasteiger partial charge in [0, 0.05) is 11.6 Å². The van der Waals surface area contributed by atoms with Gasteiger partial charge in [0.2, 0.25) is 0 Å². The molecule has 0 aliphatic rings. The molecule has 1 nitrogen and oxygen atoms in total. The van der Waals surface area contributed by atoms with E-state index in [0.29, 0.717) is 0 Å². The first-order valence-electron chi connectivity index (χ1n) is 3.54. The van der Waals surface area contributed by atoms with E-state index in [1.54, 1.807) is 0 Å². The van der Waals surface area contributed by atoms with Gasteiger partial charge in [-0.2, -0.15) is 0 Å². The van der Waals surface area contributed by atoms with E-state index >= 15 is 0 Å². The van der Waals surface area contributed by atoms with Crippen molar-refractivity contribution >= 4 is 23.7 Å². The van der Waals surface area contributed by atoms with Gasteiger partial charge in [0.05, 0.1) is 5.52 Å². The molecule has 2 aromatic rings. The van der Waals surface area contributed by atoms with E-state index in [9.17, 15) is 0 Å². The molecule has 0 amide bonds. The highest BCUT2D eigenvalue weighted by atomic mass is 32.1. The number of aryl methyl sites for hydroxylation is 1. The van der Waals surface area contributed by atoms with Crippen LogP contribution in [0.15, 0.2) is 30.5 Å². The lowest BCUT2D eigenvalue weighted by Gasteiger charge is -1.94. The zero-order valence-electron chi connectivity index (χ0n) is 6.28. The van der Waals surface area contributed by atoms with Crippen molar-refractivity contribution in [3.8, 4) is 0 Å². The monoisotopic (exact) mass is 163 g/mol. The summed E-state index contributed by atoms with van der Waals surface area (Å²) in [5.41, 5.74) is 2.45. The fraction of sp³-hybridized carbons (Fsp3) is 0.111. The molecule has 0 spiro atoms. The topological polar surface area (TPSA) is 4.93 Å². The lowest BCUT2D eigenvalue weighted by atomic mass is 10.2. The van der Waals surface area contributed by atoms with E-state index in [0.717, 1.165) is 0 Å². The first-order chi connectivity index (χ1) is 5.27. The molecule has 0 saturated carbocycles. The number of hydrogen-bond donors (Lipinski definition) is 1. The Kier molecular flexibility index (Phi) is 1.43. The molecule has 0 atom stereocenters. The van der Waals surface area contributed by atoms with Crippen LogP contribution < -0.4 is 0 Å². The van der Waals surface area contributed by atoms with Crippen LogP contribution in [0.4, 0.5) is 0 Å². The summed E-state index contributed by atoms with van der Waals surface area (Å²) in [6, 6.07) is 8.39. The number of rotatable bonds is 0. The second-order valence-electron chi connectivity index (χ2n) is 2.72. The van der Waals surface area contributed by atoms with Gasteiger partial charge in [-0.1, -0.05) is 24.4 Å². The standard InChI is InChI=1S/C9H9NS/c1-7-2-3-9-8(6-7)4-5-10(9)11/h2-6,11H,1H3. The van der Waals surface area contributed by atoms with Crippen molar-refractivity contribution in [1.82, 2.24) is 3.97 Å². The van der Waals surface area contributed by atoms with E-state index in [1.807, 2.05) is 10.2 Å². The molecule has 11 heavy (non-hydrogen) atoms. The normalized spacial score (nSPS) is 10.7. The summed E-state index contributed by atoms with van der Waals surface area (Å²) in [7, 11) is 0. The summed E-state index contributed by atoms with van der Waals surface area (Å²) >= 11 is 4.25. The van der Waals surface area contributed by atoms with Gasteiger partial charge in [-0.05, 0) is 25.1 Å². The minimum Gasteiger partial charge on any atom is -0.294 e. The van der Waals surface area contributed by atoms with Crippen LogP contribution in [0.2, 0.25) is 0 Å². The van der Waals surface area contributed by atoms with Crippen LogP contribution in [0.25, 0.3) is 10.9 Å². The molecule has 0 saturated heterocycles. The molecular formula is C9H9NS. The number of aromatic nitrogens is 1. The van der Waals surface area contributed by atoms with Crippen molar-refractivity contribution in [3.63, 3.8) is 0 Å².